The highest BCUT2D eigenvalue weighted by molar-refractivity contribution is 5.80. The molecule has 0 spiro atoms. The van der Waals surface area contributed by atoms with E-state index in [4.69, 9.17) is 0 Å². The molecule has 0 fully saturated rings. The van der Waals surface area contributed by atoms with Crippen molar-refractivity contribution in [2.45, 2.75) is 13.8 Å². The van der Waals surface area contributed by atoms with Gasteiger partial charge in [-0.2, -0.15) is 5.10 Å². The summed E-state index contributed by atoms with van der Waals surface area (Å²) in [6, 6.07) is 8.71. The van der Waals surface area contributed by atoms with Gasteiger partial charge in [-0.15, -0.1) is 0 Å². The second kappa shape index (κ2) is 5.27. The second-order valence-corrected chi connectivity index (χ2v) is 3.94. The summed E-state index contributed by atoms with van der Waals surface area (Å²) < 4.78 is 0. The number of aromatic hydroxyl groups is 1. The van der Waals surface area contributed by atoms with Gasteiger partial charge in [0.25, 0.3) is 0 Å². The predicted molar refractivity (Wildman–Crippen MR) is 70.8 cm³/mol. The minimum atomic E-state index is 0.210. The number of hydrogen-bond donors (Lipinski definition) is 2. The van der Waals surface area contributed by atoms with E-state index in [0.29, 0.717) is 5.95 Å². The zero-order valence-electron chi connectivity index (χ0n) is 10.3. The summed E-state index contributed by atoms with van der Waals surface area (Å²) in [6.07, 6.45) is 1.60. The molecular formula is C13H14N4O. The van der Waals surface area contributed by atoms with E-state index in [2.05, 4.69) is 20.5 Å². The van der Waals surface area contributed by atoms with Crippen LogP contribution >= 0.6 is 0 Å². The molecule has 0 saturated heterocycles. The van der Waals surface area contributed by atoms with Gasteiger partial charge in [-0.1, -0.05) is 12.1 Å². The number of benzene rings is 1. The van der Waals surface area contributed by atoms with Crippen LogP contribution in [0, 0.1) is 13.8 Å². The summed E-state index contributed by atoms with van der Waals surface area (Å²) >= 11 is 0. The number of aromatic nitrogens is 2. The molecule has 0 radical (unpaired) electrons. The number of hydrogen-bond acceptors (Lipinski definition) is 5. The average molecular weight is 242 g/mol. The first-order valence-corrected chi connectivity index (χ1v) is 5.54. The van der Waals surface area contributed by atoms with E-state index >= 15 is 0 Å². The Morgan fingerprint density at radius 1 is 1.17 bits per heavy atom. The lowest BCUT2D eigenvalue weighted by Gasteiger charge is -2.01. The number of phenolic OH excluding ortho intramolecular Hbond substituents is 1. The van der Waals surface area contributed by atoms with Gasteiger partial charge >= 0.3 is 0 Å². The Morgan fingerprint density at radius 3 is 2.56 bits per heavy atom. The van der Waals surface area contributed by atoms with E-state index in [1.54, 1.807) is 24.4 Å². The molecule has 0 saturated carbocycles. The van der Waals surface area contributed by atoms with Crippen molar-refractivity contribution < 1.29 is 5.11 Å². The van der Waals surface area contributed by atoms with Crippen LogP contribution in [-0.4, -0.2) is 21.3 Å². The van der Waals surface area contributed by atoms with Crippen molar-refractivity contribution in [1.82, 2.24) is 9.97 Å². The lowest BCUT2D eigenvalue weighted by Crippen LogP contribution is -1.99. The van der Waals surface area contributed by atoms with Crippen molar-refractivity contribution >= 4 is 12.2 Å². The van der Waals surface area contributed by atoms with Crippen LogP contribution in [0.2, 0.25) is 0 Å². The van der Waals surface area contributed by atoms with Crippen molar-refractivity contribution in [1.29, 1.82) is 0 Å². The summed E-state index contributed by atoms with van der Waals surface area (Å²) in [7, 11) is 0. The first-order valence-electron chi connectivity index (χ1n) is 5.54. The van der Waals surface area contributed by atoms with Crippen molar-refractivity contribution in [3.8, 4) is 5.75 Å². The van der Waals surface area contributed by atoms with Crippen LogP contribution in [0.4, 0.5) is 5.95 Å². The normalized spacial score (nSPS) is 10.8. The summed E-state index contributed by atoms with van der Waals surface area (Å²) in [6.45, 7) is 3.80. The Morgan fingerprint density at radius 2 is 1.89 bits per heavy atom. The number of nitrogens with zero attached hydrogens (tertiary/aromatic N) is 3. The highest BCUT2D eigenvalue weighted by atomic mass is 16.3. The third kappa shape index (κ3) is 3.28. The molecule has 92 valence electrons. The van der Waals surface area contributed by atoms with Crippen LogP contribution in [0.25, 0.3) is 0 Å². The number of rotatable bonds is 3. The van der Waals surface area contributed by atoms with E-state index in [1.165, 1.54) is 0 Å². The zero-order chi connectivity index (χ0) is 13.0. The Balaban J connectivity index is 2.07. The van der Waals surface area contributed by atoms with Gasteiger partial charge in [-0.25, -0.2) is 15.4 Å². The maximum Gasteiger partial charge on any atom is 0.243 e. The van der Waals surface area contributed by atoms with Gasteiger partial charge in [0.2, 0.25) is 5.95 Å². The third-order valence-corrected chi connectivity index (χ3v) is 2.23. The van der Waals surface area contributed by atoms with E-state index in [1.807, 2.05) is 26.0 Å². The van der Waals surface area contributed by atoms with Gasteiger partial charge in [0, 0.05) is 11.4 Å². The smallest absolute Gasteiger partial charge is 0.243 e. The Labute approximate surface area is 105 Å². The first-order chi connectivity index (χ1) is 8.63. The lowest BCUT2D eigenvalue weighted by molar-refractivity contribution is 0.475. The average Bonchev–Trinajstić information content (AvgIpc) is 2.27. The summed E-state index contributed by atoms with van der Waals surface area (Å²) in [5.74, 6) is 0.672. The quantitative estimate of drug-likeness (QED) is 0.639. The molecule has 0 unspecified atom stereocenters. The van der Waals surface area contributed by atoms with Crippen LogP contribution in [0.15, 0.2) is 35.4 Å². The van der Waals surface area contributed by atoms with Gasteiger partial charge in [0.1, 0.15) is 5.75 Å². The molecule has 5 nitrogen and oxygen atoms in total. The third-order valence-electron chi connectivity index (χ3n) is 2.23. The van der Waals surface area contributed by atoms with E-state index in [9.17, 15) is 5.11 Å². The molecule has 0 amide bonds. The number of phenols is 1. The number of aryl methyl sites for hydroxylation is 2. The molecule has 1 heterocycles. The molecule has 0 aliphatic rings. The van der Waals surface area contributed by atoms with E-state index in [0.717, 1.165) is 17.0 Å². The van der Waals surface area contributed by atoms with Crippen LogP contribution in [0.5, 0.6) is 5.75 Å². The molecule has 0 aliphatic heterocycles. The second-order valence-electron chi connectivity index (χ2n) is 3.94. The monoisotopic (exact) mass is 242 g/mol. The molecule has 2 rings (SSSR count). The fourth-order valence-electron chi connectivity index (χ4n) is 1.55. The number of anilines is 1. The Hall–Kier alpha value is -2.43. The zero-order valence-corrected chi connectivity index (χ0v) is 10.3. The van der Waals surface area contributed by atoms with Crippen LogP contribution in [-0.2, 0) is 0 Å². The standard InChI is InChI=1S/C13H14N4O/c1-9-6-10(2)16-13(15-9)17-14-8-11-4-3-5-12(18)7-11/h3-8,18H,1-2H3,(H,15,16,17)/b14-8+. The minimum absolute atomic E-state index is 0.210. The molecular weight excluding hydrogens is 228 g/mol. The van der Waals surface area contributed by atoms with Crippen LogP contribution < -0.4 is 5.43 Å². The first kappa shape index (κ1) is 12.0. The molecule has 5 heteroatoms. The lowest BCUT2D eigenvalue weighted by atomic mass is 10.2. The van der Waals surface area contributed by atoms with Crippen molar-refractivity contribution in [3.05, 3.63) is 47.3 Å². The number of nitrogens with one attached hydrogen (secondary N) is 1. The summed E-state index contributed by atoms with van der Waals surface area (Å²) in [5.41, 5.74) is 5.33. The fourth-order valence-corrected chi connectivity index (χ4v) is 1.55. The van der Waals surface area contributed by atoms with Gasteiger partial charge in [-0.05, 0) is 37.6 Å². The van der Waals surface area contributed by atoms with Crippen LogP contribution in [0.3, 0.4) is 0 Å². The number of hydrazone groups is 1. The topological polar surface area (TPSA) is 70.4 Å². The SMILES string of the molecule is Cc1cc(C)nc(N/N=C/c2cccc(O)c2)n1. The largest absolute Gasteiger partial charge is 0.508 e. The van der Waals surface area contributed by atoms with Gasteiger partial charge < -0.3 is 5.11 Å². The van der Waals surface area contributed by atoms with Crippen molar-refractivity contribution in [2.75, 3.05) is 5.43 Å². The molecule has 1 aromatic carbocycles. The van der Waals surface area contributed by atoms with E-state index in [-0.39, 0.29) is 5.75 Å². The fraction of sp³-hybridized carbons (Fsp3) is 0.154. The Bertz CT molecular complexity index is 561. The Kier molecular flexibility index (Phi) is 3.52. The maximum atomic E-state index is 9.30. The van der Waals surface area contributed by atoms with Gasteiger partial charge in [-0.3, -0.25) is 0 Å². The van der Waals surface area contributed by atoms with Gasteiger partial charge in [0.15, 0.2) is 0 Å². The molecule has 0 bridgehead atoms. The molecule has 2 N–H and O–H groups in total. The van der Waals surface area contributed by atoms with Crippen molar-refractivity contribution in [3.63, 3.8) is 0 Å². The van der Waals surface area contributed by atoms with E-state index < -0.39 is 0 Å². The molecule has 18 heavy (non-hydrogen) atoms. The molecule has 2 aromatic rings. The maximum absolute atomic E-state index is 9.30. The molecule has 1 aromatic heterocycles. The minimum Gasteiger partial charge on any atom is -0.508 e. The summed E-state index contributed by atoms with van der Waals surface area (Å²) in [5, 5.41) is 13.3. The molecule has 0 aliphatic carbocycles. The van der Waals surface area contributed by atoms with Crippen LogP contribution in [0.1, 0.15) is 17.0 Å². The van der Waals surface area contributed by atoms with Gasteiger partial charge in [0.05, 0.1) is 6.21 Å². The molecule has 0 atom stereocenters. The highest BCUT2D eigenvalue weighted by Gasteiger charge is 1.96. The summed E-state index contributed by atoms with van der Waals surface area (Å²) in [4.78, 5) is 8.39. The predicted octanol–water partition coefficient (Wildman–Crippen LogP) is 2.25. The highest BCUT2D eigenvalue weighted by Crippen LogP contribution is 2.09. The van der Waals surface area contributed by atoms with Crippen molar-refractivity contribution in [2.24, 2.45) is 5.10 Å².